The van der Waals surface area contributed by atoms with E-state index in [-0.39, 0.29) is 24.9 Å². The normalized spacial score (nSPS) is 19.8. The SMILES string of the molecule is CCN1C(=O)[N+](CC)(c2nccs2)C(=O)c2c(CC(N)=O)cccc21. The number of amides is 4. The highest BCUT2D eigenvalue weighted by Crippen LogP contribution is 2.39. The number of imide groups is 1. The molecular weight excluding hydrogens is 340 g/mol. The van der Waals surface area contributed by atoms with Gasteiger partial charge in [-0.1, -0.05) is 23.5 Å². The Bertz CT molecular complexity index is 850. The number of anilines is 1. The smallest absolute Gasteiger partial charge is 0.369 e. The number of nitrogens with zero attached hydrogens (tertiary/aromatic N) is 3. The molecule has 1 aromatic carbocycles. The first-order valence-electron chi connectivity index (χ1n) is 8.02. The van der Waals surface area contributed by atoms with Crippen molar-refractivity contribution in [3.05, 3.63) is 40.9 Å². The van der Waals surface area contributed by atoms with E-state index in [1.807, 2.05) is 6.92 Å². The minimum atomic E-state index is -0.523. The van der Waals surface area contributed by atoms with Gasteiger partial charge in [-0.2, -0.15) is 4.98 Å². The number of fused-ring (bicyclic) bond motifs is 1. The zero-order valence-electron chi connectivity index (χ0n) is 14.1. The number of nitrogens with two attached hydrogens (primary N) is 1. The first-order chi connectivity index (χ1) is 12.0. The molecule has 0 saturated heterocycles. The van der Waals surface area contributed by atoms with Crippen LogP contribution in [0.1, 0.15) is 29.8 Å². The topological polar surface area (TPSA) is 93.4 Å². The predicted molar refractivity (Wildman–Crippen MR) is 96.5 cm³/mol. The van der Waals surface area contributed by atoms with Crippen LogP contribution < -0.4 is 15.1 Å². The van der Waals surface area contributed by atoms with Gasteiger partial charge in [0.2, 0.25) is 5.91 Å². The van der Waals surface area contributed by atoms with Gasteiger partial charge in [-0.3, -0.25) is 9.69 Å². The lowest BCUT2D eigenvalue weighted by Crippen LogP contribution is -2.66. The van der Waals surface area contributed by atoms with E-state index < -0.39 is 10.4 Å². The summed E-state index contributed by atoms with van der Waals surface area (Å²) >= 11 is 1.27. The second-order valence-corrected chi connectivity index (χ2v) is 6.60. The Labute approximate surface area is 149 Å². The van der Waals surface area contributed by atoms with Gasteiger partial charge in [0.15, 0.2) is 0 Å². The molecular formula is C17H19N4O3S+. The van der Waals surface area contributed by atoms with E-state index in [2.05, 4.69) is 4.98 Å². The van der Waals surface area contributed by atoms with Gasteiger partial charge in [-0.05, 0) is 25.5 Å². The Morgan fingerprint density at radius 3 is 2.64 bits per heavy atom. The summed E-state index contributed by atoms with van der Waals surface area (Å²) in [5.74, 6) is -0.885. The molecule has 0 saturated carbocycles. The summed E-state index contributed by atoms with van der Waals surface area (Å²) in [6.45, 7) is 4.29. The van der Waals surface area contributed by atoms with Crippen LogP contribution in [-0.2, 0) is 11.2 Å². The highest BCUT2D eigenvalue weighted by atomic mass is 32.1. The van der Waals surface area contributed by atoms with Crippen LogP contribution in [0.15, 0.2) is 29.8 Å². The Hall–Kier alpha value is -2.58. The number of urea groups is 1. The first-order valence-corrected chi connectivity index (χ1v) is 8.90. The van der Waals surface area contributed by atoms with E-state index in [1.54, 1.807) is 41.6 Å². The molecule has 1 aromatic heterocycles. The molecule has 1 aliphatic rings. The van der Waals surface area contributed by atoms with Crippen molar-refractivity contribution in [3.63, 3.8) is 0 Å². The van der Waals surface area contributed by atoms with Gasteiger partial charge < -0.3 is 5.73 Å². The van der Waals surface area contributed by atoms with E-state index in [0.717, 1.165) is 0 Å². The monoisotopic (exact) mass is 359 g/mol. The standard InChI is InChI=1S/C17H18N4O3S/c1-3-20-12-7-5-6-11(10-13(18)22)14(12)15(23)21(4-2,17(20)24)16-19-8-9-25-16/h5-9H,3-4,10H2,1-2H3,(H-,18,22)/p+1. The highest BCUT2D eigenvalue weighted by Gasteiger charge is 2.56. The summed E-state index contributed by atoms with van der Waals surface area (Å²) in [5.41, 5.74) is 6.78. The molecule has 4 amide bonds. The second-order valence-electron chi connectivity index (χ2n) is 5.73. The number of rotatable bonds is 5. The first kappa shape index (κ1) is 17.2. The fourth-order valence-electron chi connectivity index (χ4n) is 3.27. The summed E-state index contributed by atoms with van der Waals surface area (Å²) in [6.07, 6.45) is 1.53. The van der Waals surface area contributed by atoms with Crippen LogP contribution in [0.2, 0.25) is 0 Å². The molecule has 130 valence electrons. The number of benzene rings is 1. The minimum absolute atomic E-state index is 0.0533. The summed E-state index contributed by atoms with van der Waals surface area (Å²) in [6, 6.07) is 4.84. The van der Waals surface area contributed by atoms with Crippen LogP contribution in [0.25, 0.3) is 0 Å². The number of carbonyl (C=O) groups is 3. The van der Waals surface area contributed by atoms with Crippen LogP contribution in [-0.4, -0.2) is 35.9 Å². The largest absolute Gasteiger partial charge is 0.438 e. The molecule has 7 nitrogen and oxygen atoms in total. The molecule has 2 heterocycles. The number of thiazole rings is 1. The Kier molecular flexibility index (Phi) is 4.40. The maximum absolute atomic E-state index is 13.5. The lowest BCUT2D eigenvalue weighted by Gasteiger charge is -2.38. The molecule has 0 fully saturated rings. The Balaban J connectivity index is 2.30. The summed E-state index contributed by atoms with van der Waals surface area (Å²) in [5, 5.41) is 2.17. The molecule has 0 bridgehead atoms. The molecule has 1 unspecified atom stereocenters. The second kappa shape index (κ2) is 6.38. The van der Waals surface area contributed by atoms with Crippen LogP contribution in [0, 0.1) is 0 Å². The number of quaternary nitrogens is 1. The predicted octanol–water partition coefficient (Wildman–Crippen LogP) is 2.30. The van der Waals surface area contributed by atoms with Crippen molar-refractivity contribution in [2.75, 3.05) is 18.0 Å². The fourth-order valence-corrected chi connectivity index (χ4v) is 4.11. The average molecular weight is 359 g/mol. The van der Waals surface area contributed by atoms with Gasteiger partial charge in [0, 0.05) is 18.1 Å². The van der Waals surface area contributed by atoms with Crippen molar-refractivity contribution in [1.82, 2.24) is 9.47 Å². The molecule has 3 rings (SSSR count). The quantitative estimate of drug-likeness (QED) is 0.829. The van der Waals surface area contributed by atoms with Crippen molar-refractivity contribution >= 4 is 40.0 Å². The van der Waals surface area contributed by atoms with Crippen LogP contribution in [0.4, 0.5) is 15.6 Å². The van der Waals surface area contributed by atoms with Gasteiger partial charge in [0.05, 0.1) is 18.7 Å². The van der Waals surface area contributed by atoms with Crippen LogP contribution in [0.5, 0.6) is 0 Å². The number of aromatic nitrogens is 1. The van der Waals surface area contributed by atoms with Crippen molar-refractivity contribution in [1.29, 1.82) is 0 Å². The fraction of sp³-hybridized carbons (Fsp3) is 0.294. The molecule has 2 aromatic rings. The third kappa shape index (κ3) is 2.45. The molecule has 0 spiro atoms. The average Bonchev–Trinajstić information content (AvgIpc) is 3.10. The van der Waals surface area contributed by atoms with E-state index in [1.165, 1.54) is 11.3 Å². The molecule has 1 aliphatic heterocycles. The van der Waals surface area contributed by atoms with E-state index in [9.17, 15) is 14.4 Å². The zero-order valence-corrected chi connectivity index (χ0v) is 14.9. The van der Waals surface area contributed by atoms with Crippen molar-refractivity contribution in [3.8, 4) is 0 Å². The maximum atomic E-state index is 13.5. The molecule has 8 heteroatoms. The molecule has 1 atom stereocenters. The third-order valence-corrected chi connectivity index (χ3v) is 5.32. The van der Waals surface area contributed by atoms with E-state index >= 15 is 0 Å². The van der Waals surface area contributed by atoms with Gasteiger partial charge in [-0.25, -0.2) is 9.59 Å². The van der Waals surface area contributed by atoms with Crippen molar-refractivity contribution in [2.45, 2.75) is 20.3 Å². The Morgan fingerprint density at radius 2 is 2.08 bits per heavy atom. The van der Waals surface area contributed by atoms with Crippen LogP contribution in [0.3, 0.4) is 0 Å². The van der Waals surface area contributed by atoms with E-state index in [0.29, 0.717) is 28.5 Å². The summed E-state index contributed by atoms with van der Waals surface area (Å²) in [7, 11) is 0. The van der Waals surface area contributed by atoms with Crippen molar-refractivity contribution < 1.29 is 14.4 Å². The molecule has 0 radical (unpaired) electrons. The lowest BCUT2D eigenvalue weighted by atomic mass is 9.97. The number of carbonyl (C=O) groups excluding carboxylic acids is 3. The molecule has 0 aliphatic carbocycles. The third-order valence-electron chi connectivity index (χ3n) is 4.44. The number of primary amides is 1. The maximum Gasteiger partial charge on any atom is 0.438 e. The lowest BCUT2D eigenvalue weighted by molar-refractivity contribution is -0.117. The Morgan fingerprint density at radius 1 is 1.32 bits per heavy atom. The van der Waals surface area contributed by atoms with Crippen LogP contribution >= 0.6 is 11.3 Å². The molecule has 2 N–H and O–H groups in total. The van der Waals surface area contributed by atoms with Gasteiger partial charge in [0.1, 0.15) is 5.56 Å². The summed E-state index contributed by atoms with van der Waals surface area (Å²) in [4.78, 5) is 44.0. The van der Waals surface area contributed by atoms with Gasteiger partial charge in [0.25, 0.3) is 0 Å². The van der Waals surface area contributed by atoms with Crippen molar-refractivity contribution in [2.24, 2.45) is 5.73 Å². The number of hydrogen-bond acceptors (Lipinski definition) is 5. The summed E-state index contributed by atoms with van der Waals surface area (Å²) < 4.78 is -0.506. The zero-order chi connectivity index (χ0) is 18.2. The van der Waals surface area contributed by atoms with Gasteiger partial charge in [-0.15, -0.1) is 4.48 Å². The molecule has 25 heavy (non-hydrogen) atoms. The van der Waals surface area contributed by atoms with E-state index in [4.69, 9.17) is 5.73 Å². The van der Waals surface area contributed by atoms with Gasteiger partial charge >= 0.3 is 17.1 Å². The number of hydrogen-bond donors (Lipinski definition) is 1. The minimum Gasteiger partial charge on any atom is -0.369 e. The highest BCUT2D eigenvalue weighted by molar-refractivity contribution is 7.13.